The van der Waals surface area contributed by atoms with Crippen molar-refractivity contribution in [3.63, 3.8) is 0 Å². The van der Waals surface area contributed by atoms with Crippen LogP contribution in [0, 0.1) is 6.92 Å². The summed E-state index contributed by atoms with van der Waals surface area (Å²) in [6.07, 6.45) is 5.15. The summed E-state index contributed by atoms with van der Waals surface area (Å²) >= 11 is 0. The zero-order valence-electron chi connectivity index (χ0n) is 12.8. The van der Waals surface area contributed by atoms with Crippen LogP contribution < -0.4 is 5.32 Å². The van der Waals surface area contributed by atoms with Gasteiger partial charge in [-0.25, -0.2) is 4.98 Å². The maximum Gasteiger partial charge on any atom is 0.274 e. The van der Waals surface area contributed by atoms with Crippen molar-refractivity contribution in [2.75, 3.05) is 32.7 Å². The summed E-state index contributed by atoms with van der Waals surface area (Å²) < 4.78 is 0. The summed E-state index contributed by atoms with van der Waals surface area (Å²) in [5, 5.41) is 3.21. The van der Waals surface area contributed by atoms with E-state index in [2.05, 4.69) is 15.3 Å². The van der Waals surface area contributed by atoms with Gasteiger partial charge in [-0.2, -0.15) is 0 Å². The number of likely N-dealkylation sites (tertiary alicyclic amines) is 1. The highest BCUT2D eigenvalue weighted by molar-refractivity contribution is 5.96. The van der Waals surface area contributed by atoms with Crippen molar-refractivity contribution in [3.8, 4) is 0 Å². The minimum absolute atomic E-state index is 0.0399. The molecule has 0 aliphatic carbocycles. The number of rotatable bonds is 2. The van der Waals surface area contributed by atoms with Gasteiger partial charge in [0, 0.05) is 38.9 Å². The molecule has 1 N–H and O–H groups in total. The summed E-state index contributed by atoms with van der Waals surface area (Å²) in [6.45, 7) is 5.11. The topological polar surface area (TPSA) is 78.4 Å². The molecule has 0 saturated carbocycles. The highest BCUT2D eigenvalue weighted by Gasteiger charge is 2.36. The molecule has 1 unspecified atom stereocenters. The Labute approximate surface area is 129 Å². The Hall–Kier alpha value is -2.02. The smallest absolute Gasteiger partial charge is 0.274 e. The second-order valence-corrected chi connectivity index (χ2v) is 5.79. The lowest BCUT2D eigenvalue weighted by molar-refractivity contribution is -0.135. The fourth-order valence-corrected chi connectivity index (χ4v) is 2.97. The number of nitrogens with zero attached hydrogens (tertiary/aromatic N) is 4. The number of amides is 2. The lowest BCUT2D eigenvalue weighted by Crippen LogP contribution is -2.60. The summed E-state index contributed by atoms with van der Waals surface area (Å²) in [5.41, 5.74) is 1.06. The molecule has 0 spiro atoms. The zero-order valence-corrected chi connectivity index (χ0v) is 12.8. The van der Waals surface area contributed by atoms with E-state index in [9.17, 15) is 9.59 Å². The van der Waals surface area contributed by atoms with E-state index in [0.29, 0.717) is 25.3 Å². The van der Waals surface area contributed by atoms with E-state index in [1.807, 2.05) is 11.8 Å². The van der Waals surface area contributed by atoms with Crippen molar-refractivity contribution in [1.29, 1.82) is 0 Å². The minimum Gasteiger partial charge on any atom is -0.341 e. The minimum atomic E-state index is -0.442. The Morgan fingerprint density at radius 1 is 1.18 bits per heavy atom. The molecule has 0 radical (unpaired) electrons. The first-order valence-electron chi connectivity index (χ1n) is 7.76. The van der Waals surface area contributed by atoms with Crippen molar-refractivity contribution in [1.82, 2.24) is 25.1 Å². The Kier molecular flexibility index (Phi) is 4.33. The van der Waals surface area contributed by atoms with Gasteiger partial charge in [0.2, 0.25) is 5.91 Å². The second-order valence-electron chi connectivity index (χ2n) is 5.79. The molecule has 2 saturated heterocycles. The lowest BCUT2D eigenvalue weighted by atomic mass is 10.1. The van der Waals surface area contributed by atoms with E-state index in [1.54, 1.807) is 11.1 Å². The summed E-state index contributed by atoms with van der Waals surface area (Å²) in [5.74, 6) is -0.176. The van der Waals surface area contributed by atoms with Gasteiger partial charge in [0.25, 0.3) is 5.91 Å². The Morgan fingerprint density at radius 3 is 2.64 bits per heavy atom. The largest absolute Gasteiger partial charge is 0.341 e. The Morgan fingerprint density at radius 2 is 1.95 bits per heavy atom. The van der Waals surface area contributed by atoms with Gasteiger partial charge in [-0.15, -0.1) is 0 Å². The molecule has 2 aliphatic heterocycles. The molecule has 1 atom stereocenters. The van der Waals surface area contributed by atoms with Gasteiger partial charge in [-0.1, -0.05) is 0 Å². The number of carbonyl (C=O) groups is 2. The molecule has 3 rings (SSSR count). The Bertz CT molecular complexity index is 554. The molecule has 1 aromatic heterocycles. The van der Waals surface area contributed by atoms with Crippen LogP contribution in [0.4, 0.5) is 0 Å². The number of hydrogen-bond donors (Lipinski definition) is 1. The lowest BCUT2D eigenvalue weighted by Gasteiger charge is -2.36. The van der Waals surface area contributed by atoms with E-state index >= 15 is 0 Å². The molecular formula is C15H21N5O2. The third-order valence-corrected chi connectivity index (χ3v) is 4.21. The van der Waals surface area contributed by atoms with Crippen LogP contribution in [0.5, 0.6) is 0 Å². The summed E-state index contributed by atoms with van der Waals surface area (Å²) in [7, 11) is 0. The fourth-order valence-electron chi connectivity index (χ4n) is 2.97. The predicted molar refractivity (Wildman–Crippen MR) is 80.3 cm³/mol. The quantitative estimate of drug-likeness (QED) is 0.820. The van der Waals surface area contributed by atoms with Crippen LogP contribution in [-0.2, 0) is 4.79 Å². The number of carbonyl (C=O) groups excluding carboxylic acids is 2. The molecule has 1 aromatic rings. The number of nitrogens with one attached hydrogen (secondary N) is 1. The van der Waals surface area contributed by atoms with Gasteiger partial charge < -0.3 is 15.1 Å². The van der Waals surface area contributed by atoms with Gasteiger partial charge >= 0.3 is 0 Å². The number of aryl methyl sites for hydroxylation is 1. The van der Waals surface area contributed by atoms with Gasteiger partial charge in [0.05, 0.1) is 11.9 Å². The van der Waals surface area contributed by atoms with Gasteiger partial charge in [-0.3, -0.25) is 14.6 Å². The summed E-state index contributed by atoms with van der Waals surface area (Å²) in [4.78, 5) is 37.1. The maximum atomic E-state index is 12.7. The van der Waals surface area contributed by atoms with Gasteiger partial charge in [0.1, 0.15) is 11.7 Å². The molecule has 118 valence electrons. The monoisotopic (exact) mass is 303 g/mol. The molecule has 0 aromatic carbocycles. The molecule has 3 heterocycles. The highest BCUT2D eigenvalue weighted by atomic mass is 16.2. The zero-order chi connectivity index (χ0) is 15.5. The molecule has 2 amide bonds. The first kappa shape index (κ1) is 14.9. The van der Waals surface area contributed by atoms with Crippen molar-refractivity contribution in [2.24, 2.45) is 0 Å². The average Bonchev–Trinajstić information content (AvgIpc) is 3.09. The van der Waals surface area contributed by atoms with Gasteiger partial charge in [-0.05, 0) is 19.8 Å². The van der Waals surface area contributed by atoms with E-state index in [1.165, 1.54) is 6.20 Å². The molecular weight excluding hydrogens is 282 g/mol. The molecule has 0 bridgehead atoms. The first-order chi connectivity index (χ1) is 10.7. The number of hydrogen-bond acceptors (Lipinski definition) is 5. The van der Waals surface area contributed by atoms with Crippen LogP contribution >= 0.6 is 0 Å². The van der Waals surface area contributed by atoms with E-state index < -0.39 is 6.04 Å². The molecule has 2 fully saturated rings. The van der Waals surface area contributed by atoms with Crippen molar-refractivity contribution in [2.45, 2.75) is 25.8 Å². The first-order valence-corrected chi connectivity index (χ1v) is 7.76. The highest BCUT2D eigenvalue weighted by Crippen LogP contribution is 2.15. The molecule has 7 nitrogen and oxygen atoms in total. The fraction of sp³-hybridized carbons (Fsp3) is 0.600. The van der Waals surface area contributed by atoms with Crippen LogP contribution in [0.2, 0.25) is 0 Å². The van der Waals surface area contributed by atoms with E-state index in [4.69, 9.17) is 0 Å². The average molecular weight is 303 g/mol. The Balaban J connectivity index is 1.78. The standard InChI is InChI=1S/C15H21N5O2/c1-11-8-18-12(9-17-11)14(21)20-7-4-16-10-13(20)15(22)19-5-2-3-6-19/h8-9,13,16H,2-7,10H2,1H3. The maximum absolute atomic E-state index is 12.7. The van der Waals surface area contributed by atoms with Crippen LogP contribution in [0.1, 0.15) is 29.0 Å². The normalized spacial score (nSPS) is 22.0. The number of aromatic nitrogens is 2. The summed E-state index contributed by atoms with van der Waals surface area (Å²) in [6, 6.07) is -0.442. The third kappa shape index (κ3) is 2.94. The molecule has 22 heavy (non-hydrogen) atoms. The number of piperazine rings is 1. The molecule has 7 heteroatoms. The SMILES string of the molecule is Cc1cnc(C(=O)N2CCNCC2C(=O)N2CCCC2)cn1. The van der Waals surface area contributed by atoms with Crippen LogP contribution in [0.25, 0.3) is 0 Å². The van der Waals surface area contributed by atoms with Crippen LogP contribution in [0.15, 0.2) is 12.4 Å². The van der Waals surface area contributed by atoms with Crippen molar-refractivity contribution in [3.05, 3.63) is 23.8 Å². The molecule has 2 aliphatic rings. The van der Waals surface area contributed by atoms with Crippen LogP contribution in [0.3, 0.4) is 0 Å². The van der Waals surface area contributed by atoms with Gasteiger partial charge in [0.15, 0.2) is 0 Å². The van der Waals surface area contributed by atoms with Crippen molar-refractivity contribution >= 4 is 11.8 Å². The predicted octanol–water partition coefficient (Wildman–Crippen LogP) is -0.179. The second kappa shape index (κ2) is 6.39. The van der Waals surface area contributed by atoms with Crippen LogP contribution in [-0.4, -0.2) is 70.3 Å². The van der Waals surface area contributed by atoms with Crippen molar-refractivity contribution < 1.29 is 9.59 Å². The van der Waals surface area contributed by atoms with E-state index in [-0.39, 0.29) is 11.8 Å². The third-order valence-electron chi connectivity index (χ3n) is 4.21. The van der Waals surface area contributed by atoms with E-state index in [0.717, 1.165) is 31.6 Å².